The highest BCUT2D eigenvalue weighted by Gasteiger charge is 2.26. The highest BCUT2D eigenvalue weighted by atomic mass is 15.3. The molecule has 0 radical (unpaired) electrons. The minimum absolute atomic E-state index is 0.392. The number of nitrogens with zero attached hydrogens (tertiary/aromatic N) is 3. The standard InChI is InChI=1S/C19H36N4/c1-19(2,3)14-22(5)13-15-7-9-16(10-8-15)18-11-17(12-20-4)23(6)21-18/h11,15-16,20H,7-10,12-14H2,1-6H3. The molecular formula is C19H36N4. The summed E-state index contributed by atoms with van der Waals surface area (Å²) in [5.74, 6) is 1.52. The van der Waals surface area contributed by atoms with Crippen molar-refractivity contribution in [3.8, 4) is 0 Å². The molecule has 1 aliphatic carbocycles. The van der Waals surface area contributed by atoms with Crippen LogP contribution in [0.2, 0.25) is 0 Å². The van der Waals surface area contributed by atoms with Gasteiger partial charge in [-0.3, -0.25) is 4.68 Å². The summed E-state index contributed by atoms with van der Waals surface area (Å²) in [6, 6.07) is 2.30. The van der Waals surface area contributed by atoms with E-state index in [9.17, 15) is 0 Å². The molecule has 1 fully saturated rings. The lowest BCUT2D eigenvalue weighted by molar-refractivity contribution is 0.175. The van der Waals surface area contributed by atoms with E-state index in [1.807, 2.05) is 11.7 Å². The van der Waals surface area contributed by atoms with Crippen molar-refractivity contribution in [1.82, 2.24) is 20.0 Å². The van der Waals surface area contributed by atoms with Gasteiger partial charge in [0.1, 0.15) is 0 Å². The van der Waals surface area contributed by atoms with Crippen LogP contribution in [0.5, 0.6) is 0 Å². The third-order valence-electron chi connectivity index (χ3n) is 4.93. The minimum atomic E-state index is 0.392. The molecule has 1 heterocycles. The van der Waals surface area contributed by atoms with Crippen LogP contribution in [0.1, 0.15) is 63.8 Å². The fraction of sp³-hybridized carbons (Fsp3) is 0.842. The van der Waals surface area contributed by atoms with Gasteiger partial charge in [-0.2, -0.15) is 5.10 Å². The molecule has 1 aromatic heterocycles. The van der Waals surface area contributed by atoms with Crippen LogP contribution in [0.3, 0.4) is 0 Å². The lowest BCUT2D eigenvalue weighted by Gasteiger charge is -2.33. The molecule has 0 spiro atoms. The predicted molar refractivity (Wildman–Crippen MR) is 97.6 cm³/mol. The Morgan fingerprint density at radius 1 is 1.26 bits per heavy atom. The van der Waals surface area contributed by atoms with Crippen molar-refractivity contribution in [3.05, 3.63) is 17.5 Å². The van der Waals surface area contributed by atoms with Gasteiger partial charge < -0.3 is 10.2 Å². The van der Waals surface area contributed by atoms with E-state index in [1.54, 1.807) is 0 Å². The van der Waals surface area contributed by atoms with Crippen molar-refractivity contribution in [1.29, 1.82) is 0 Å². The number of hydrogen-bond donors (Lipinski definition) is 1. The first-order valence-electron chi connectivity index (χ1n) is 9.14. The molecule has 4 nitrogen and oxygen atoms in total. The van der Waals surface area contributed by atoms with Crippen LogP contribution in [0.4, 0.5) is 0 Å². The van der Waals surface area contributed by atoms with E-state index in [2.05, 4.69) is 51.1 Å². The Morgan fingerprint density at radius 2 is 1.91 bits per heavy atom. The van der Waals surface area contributed by atoms with E-state index in [4.69, 9.17) is 5.10 Å². The van der Waals surface area contributed by atoms with Gasteiger partial charge in [0.05, 0.1) is 11.4 Å². The van der Waals surface area contributed by atoms with E-state index in [0.29, 0.717) is 11.3 Å². The smallest absolute Gasteiger partial charge is 0.0658 e. The fourth-order valence-corrected chi connectivity index (χ4v) is 4.03. The summed E-state index contributed by atoms with van der Waals surface area (Å²) in [7, 11) is 6.33. The van der Waals surface area contributed by atoms with Crippen molar-refractivity contribution < 1.29 is 0 Å². The molecule has 2 rings (SSSR count). The van der Waals surface area contributed by atoms with Crippen LogP contribution in [0.15, 0.2) is 6.07 Å². The van der Waals surface area contributed by atoms with Gasteiger partial charge in [0, 0.05) is 32.6 Å². The first kappa shape index (κ1) is 18.5. The van der Waals surface area contributed by atoms with Crippen molar-refractivity contribution >= 4 is 0 Å². The van der Waals surface area contributed by atoms with Gasteiger partial charge in [-0.1, -0.05) is 20.8 Å². The summed E-state index contributed by atoms with van der Waals surface area (Å²) in [4.78, 5) is 2.52. The van der Waals surface area contributed by atoms with Crippen LogP contribution in [-0.4, -0.2) is 41.9 Å². The van der Waals surface area contributed by atoms with Gasteiger partial charge in [-0.25, -0.2) is 0 Å². The topological polar surface area (TPSA) is 33.1 Å². The van der Waals surface area contributed by atoms with E-state index in [1.165, 1.54) is 50.2 Å². The second-order valence-electron chi connectivity index (χ2n) is 8.69. The van der Waals surface area contributed by atoms with Gasteiger partial charge in [0.25, 0.3) is 0 Å². The molecule has 0 atom stereocenters. The lowest BCUT2D eigenvalue weighted by atomic mass is 9.80. The Morgan fingerprint density at radius 3 is 2.48 bits per heavy atom. The molecule has 23 heavy (non-hydrogen) atoms. The number of aromatic nitrogens is 2. The molecule has 0 bridgehead atoms. The Kier molecular flexibility index (Phi) is 6.26. The predicted octanol–water partition coefficient (Wildman–Crippen LogP) is 3.39. The maximum absolute atomic E-state index is 4.75. The lowest BCUT2D eigenvalue weighted by Crippen LogP contribution is -2.34. The number of aryl methyl sites for hydroxylation is 1. The Hall–Kier alpha value is -0.870. The Bertz CT molecular complexity index is 478. The van der Waals surface area contributed by atoms with Crippen molar-refractivity contribution in [3.63, 3.8) is 0 Å². The summed E-state index contributed by atoms with van der Waals surface area (Å²) >= 11 is 0. The molecule has 1 aliphatic rings. The molecule has 0 unspecified atom stereocenters. The number of rotatable bonds is 6. The van der Waals surface area contributed by atoms with E-state index >= 15 is 0 Å². The van der Waals surface area contributed by atoms with Gasteiger partial charge in [-0.15, -0.1) is 0 Å². The van der Waals surface area contributed by atoms with Crippen molar-refractivity contribution in [2.24, 2.45) is 18.4 Å². The number of nitrogens with one attached hydrogen (secondary N) is 1. The SMILES string of the molecule is CNCc1cc(C2CCC(CN(C)CC(C)(C)C)CC2)nn1C. The average molecular weight is 321 g/mol. The third kappa shape index (κ3) is 5.61. The largest absolute Gasteiger partial charge is 0.314 e. The Labute approximate surface area is 142 Å². The van der Waals surface area contributed by atoms with Crippen LogP contribution in [0, 0.1) is 11.3 Å². The zero-order valence-electron chi connectivity index (χ0n) is 16.0. The molecule has 0 amide bonds. The van der Waals surface area contributed by atoms with Crippen LogP contribution in [-0.2, 0) is 13.6 Å². The van der Waals surface area contributed by atoms with Gasteiger partial charge in [0.2, 0.25) is 0 Å². The second-order valence-corrected chi connectivity index (χ2v) is 8.69. The molecule has 0 aromatic carbocycles. The second kappa shape index (κ2) is 7.80. The van der Waals surface area contributed by atoms with E-state index < -0.39 is 0 Å². The number of hydrogen-bond acceptors (Lipinski definition) is 3. The van der Waals surface area contributed by atoms with Crippen LogP contribution >= 0.6 is 0 Å². The van der Waals surface area contributed by atoms with Gasteiger partial charge >= 0.3 is 0 Å². The quantitative estimate of drug-likeness (QED) is 0.872. The maximum Gasteiger partial charge on any atom is 0.0658 e. The van der Waals surface area contributed by atoms with Crippen molar-refractivity contribution in [2.75, 3.05) is 27.2 Å². The first-order valence-corrected chi connectivity index (χ1v) is 9.14. The maximum atomic E-state index is 4.75. The Balaban J connectivity index is 1.83. The summed E-state index contributed by atoms with van der Waals surface area (Å²) in [6.07, 6.45) is 5.28. The van der Waals surface area contributed by atoms with Gasteiger partial charge in [0.15, 0.2) is 0 Å². The highest BCUT2D eigenvalue weighted by molar-refractivity contribution is 5.15. The molecule has 4 heteroatoms. The summed E-state index contributed by atoms with van der Waals surface area (Å²) in [6.45, 7) is 10.3. The average Bonchev–Trinajstić information content (AvgIpc) is 2.79. The van der Waals surface area contributed by atoms with Crippen LogP contribution in [0.25, 0.3) is 0 Å². The first-order chi connectivity index (χ1) is 10.8. The monoisotopic (exact) mass is 320 g/mol. The molecule has 1 N–H and O–H groups in total. The molecular weight excluding hydrogens is 284 g/mol. The fourth-order valence-electron chi connectivity index (χ4n) is 4.03. The molecule has 0 saturated heterocycles. The molecule has 132 valence electrons. The molecule has 1 aromatic rings. The molecule has 0 aliphatic heterocycles. The summed E-state index contributed by atoms with van der Waals surface area (Å²) in [5, 5.41) is 7.98. The van der Waals surface area contributed by atoms with E-state index in [-0.39, 0.29) is 0 Å². The van der Waals surface area contributed by atoms with Gasteiger partial charge in [-0.05, 0) is 57.2 Å². The normalized spacial score (nSPS) is 22.7. The zero-order valence-corrected chi connectivity index (χ0v) is 16.0. The van der Waals surface area contributed by atoms with E-state index in [0.717, 1.165) is 12.5 Å². The zero-order chi connectivity index (χ0) is 17.0. The van der Waals surface area contributed by atoms with Crippen LogP contribution < -0.4 is 5.32 Å². The highest BCUT2D eigenvalue weighted by Crippen LogP contribution is 2.35. The summed E-state index contributed by atoms with van der Waals surface area (Å²) < 4.78 is 2.04. The molecule has 1 saturated carbocycles. The summed E-state index contributed by atoms with van der Waals surface area (Å²) in [5.41, 5.74) is 2.98. The minimum Gasteiger partial charge on any atom is -0.314 e. The third-order valence-corrected chi connectivity index (χ3v) is 4.93. The van der Waals surface area contributed by atoms with Crippen molar-refractivity contribution in [2.45, 2.75) is 58.9 Å².